The van der Waals surface area contributed by atoms with Crippen LogP contribution in [0.15, 0.2) is 72.8 Å². The smallest absolute Gasteiger partial charge is 0.119 e. The first-order valence-electron chi connectivity index (χ1n) is 16.7. The molecule has 4 atom stereocenters. The molecule has 4 unspecified atom stereocenters. The van der Waals surface area contributed by atoms with Gasteiger partial charge in [-0.3, -0.25) is 0 Å². The molecule has 42 heavy (non-hydrogen) atoms. The Morgan fingerprint density at radius 3 is 2.14 bits per heavy atom. The third-order valence-electron chi connectivity index (χ3n) is 9.95. The molecule has 0 radical (unpaired) electrons. The first kappa shape index (κ1) is 35.1. The monoisotopic (exact) mass is 698 g/mol. The Bertz CT molecular complexity index is 1180. The zero-order valence-electron chi connectivity index (χ0n) is 27.1. The second-order valence-electron chi connectivity index (χ2n) is 12.8. The molecule has 0 heterocycles. The van der Waals surface area contributed by atoms with E-state index in [-0.39, 0.29) is 24.0 Å². The first-order valence-corrected chi connectivity index (χ1v) is 19.1. The van der Waals surface area contributed by atoms with Crippen LogP contribution in [0, 0.1) is 6.92 Å². The Morgan fingerprint density at radius 2 is 1.48 bits per heavy atom. The summed E-state index contributed by atoms with van der Waals surface area (Å²) in [5, 5.41) is 1.64. The Labute approximate surface area is 276 Å². The van der Waals surface area contributed by atoms with E-state index < -0.39 is 7.26 Å². The van der Waals surface area contributed by atoms with E-state index in [1.54, 1.807) is 16.4 Å². The summed E-state index contributed by atoms with van der Waals surface area (Å²) in [6, 6.07) is 28.3. The van der Waals surface area contributed by atoms with Crippen molar-refractivity contribution < 1.29 is 28.7 Å². The summed E-state index contributed by atoms with van der Waals surface area (Å²) in [5.41, 5.74) is 6.72. The van der Waals surface area contributed by atoms with Crippen molar-refractivity contribution in [2.45, 2.75) is 115 Å². The zero-order valence-corrected chi connectivity index (χ0v) is 30.1. The summed E-state index contributed by atoms with van der Waals surface area (Å²) in [6.07, 6.45) is 17.3. The van der Waals surface area contributed by atoms with Crippen LogP contribution in [-0.2, 0) is 6.42 Å². The van der Waals surface area contributed by atoms with Crippen molar-refractivity contribution in [1.82, 2.24) is 0 Å². The second kappa shape index (κ2) is 17.8. The molecule has 0 spiro atoms. The summed E-state index contributed by atoms with van der Waals surface area (Å²) in [6.45, 7) is 9.64. The van der Waals surface area contributed by atoms with Crippen LogP contribution in [0.25, 0.3) is 0 Å². The van der Waals surface area contributed by atoms with Crippen LogP contribution < -0.4 is 34.0 Å². The Kier molecular flexibility index (Phi) is 14.9. The van der Waals surface area contributed by atoms with Gasteiger partial charge in [-0.2, -0.15) is 0 Å². The van der Waals surface area contributed by atoms with Gasteiger partial charge in [0, 0.05) is 13.2 Å². The minimum atomic E-state index is -1.46. The van der Waals surface area contributed by atoms with Crippen molar-refractivity contribution in [3.05, 3.63) is 95.1 Å². The molecule has 3 aromatic rings. The summed E-state index contributed by atoms with van der Waals surface area (Å²) in [4.78, 5) is 0. The molecule has 4 rings (SSSR count). The molecule has 3 heteroatoms. The van der Waals surface area contributed by atoms with Gasteiger partial charge in [-0.25, -0.2) is 0 Å². The summed E-state index contributed by atoms with van der Waals surface area (Å²) >= 11 is 0. The van der Waals surface area contributed by atoms with Crippen LogP contribution in [0.4, 0.5) is 0 Å². The molecule has 1 aliphatic rings. The molecule has 0 N–H and O–H groups in total. The molecular weight excluding hydrogens is 642 g/mol. The SMILES string of the molecule is CCCCCCCCCC(C1c2ccc(OC)cc2CCC1c1ccc(C)cc1)[P+](C)(CCCC)c1ccccc1.[I-]. The van der Waals surface area contributed by atoms with Gasteiger partial charge in [-0.15, -0.1) is 0 Å². The minimum absolute atomic E-state index is 0. The zero-order chi connectivity index (χ0) is 29.1. The molecule has 1 nitrogen and oxygen atoms in total. The highest BCUT2D eigenvalue weighted by atomic mass is 127. The van der Waals surface area contributed by atoms with Crippen molar-refractivity contribution in [3.63, 3.8) is 0 Å². The lowest BCUT2D eigenvalue weighted by Crippen LogP contribution is -3.00. The van der Waals surface area contributed by atoms with Crippen LogP contribution in [0.2, 0.25) is 0 Å². The molecule has 0 saturated carbocycles. The average Bonchev–Trinajstić information content (AvgIpc) is 3.01. The molecule has 3 aromatic carbocycles. The van der Waals surface area contributed by atoms with E-state index in [0.717, 1.165) is 12.2 Å². The van der Waals surface area contributed by atoms with E-state index in [9.17, 15) is 0 Å². The number of methoxy groups -OCH3 is 1. The van der Waals surface area contributed by atoms with Crippen molar-refractivity contribution in [1.29, 1.82) is 0 Å². The number of benzene rings is 3. The lowest BCUT2D eigenvalue weighted by molar-refractivity contribution is -0.00000895. The van der Waals surface area contributed by atoms with Crippen LogP contribution in [0.1, 0.15) is 119 Å². The summed E-state index contributed by atoms with van der Waals surface area (Å²) in [5.74, 6) is 2.12. The fourth-order valence-corrected chi connectivity index (χ4v) is 12.1. The molecule has 0 aliphatic heterocycles. The lowest BCUT2D eigenvalue weighted by atomic mass is 9.69. The number of rotatable bonds is 16. The lowest BCUT2D eigenvalue weighted by Gasteiger charge is -2.43. The molecular formula is C39H56IOP. The molecule has 0 amide bonds. The third kappa shape index (κ3) is 8.84. The summed E-state index contributed by atoms with van der Waals surface area (Å²) < 4.78 is 5.72. The fraction of sp³-hybridized carbons (Fsp3) is 0.538. The average molecular weight is 699 g/mol. The third-order valence-corrected chi connectivity index (χ3v) is 14.7. The minimum Gasteiger partial charge on any atom is -1.00 e. The predicted octanol–water partition coefficient (Wildman–Crippen LogP) is 8.10. The number of ether oxygens (including phenoxy) is 1. The maximum absolute atomic E-state index is 5.72. The Morgan fingerprint density at radius 1 is 0.810 bits per heavy atom. The van der Waals surface area contributed by atoms with Gasteiger partial charge in [0.25, 0.3) is 0 Å². The van der Waals surface area contributed by atoms with Crippen molar-refractivity contribution in [2.75, 3.05) is 19.9 Å². The van der Waals surface area contributed by atoms with E-state index in [4.69, 9.17) is 4.74 Å². The molecule has 0 saturated heterocycles. The van der Waals surface area contributed by atoms with Gasteiger partial charge in [0.2, 0.25) is 0 Å². The van der Waals surface area contributed by atoms with Crippen molar-refractivity contribution in [3.8, 4) is 5.75 Å². The van der Waals surface area contributed by atoms with E-state index in [1.165, 1.54) is 87.9 Å². The van der Waals surface area contributed by atoms with Gasteiger partial charge in [0.15, 0.2) is 0 Å². The molecule has 0 bridgehead atoms. The number of fused-ring (bicyclic) bond motifs is 1. The van der Waals surface area contributed by atoms with Gasteiger partial charge < -0.3 is 28.7 Å². The van der Waals surface area contributed by atoms with Crippen LogP contribution in [0.3, 0.4) is 0 Å². The molecule has 0 fully saturated rings. The topological polar surface area (TPSA) is 9.23 Å². The van der Waals surface area contributed by atoms with E-state index in [0.29, 0.717) is 17.5 Å². The highest BCUT2D eigenvalue weighted by Gasteiger charge is 2.50. The van der Waals surface area contributed by atoms with E-state index in [1.807, 2.05) is 7.11 Å². The fourth-order valence-electron chi connectivity index (χ4n) is 7.49. The van der Waals surface area contributed by atoms with Gasteiger partial charge in [0.1, 0.15) is 5.75 Å². The van der Waals surface area contributed by atoms with Crippen LogP contribution in [0.5, 0.6) is 5.75 Å². The normalized spacial score (nSPS) is 18.4. The predicted molar refractivity (Wildman–Crippen MR) is 183 cm³/mol. The quantitative estimate of drug-likeness (QED) is 0.0835. The van der Waals surface area contributed by atoms with E-state index >= 15 is 0 Å². The number of hydrogen-bond acceptors (Lipinski definition) is 1. The van der Waals surface area contributed by atoms with Crippen LogP contribution >= 0.6 is 7.26 Å². The van der Waals surface area contributed by atoms with Gasteiger partial charge in [-0.05, 0) is 85.9 Å². The van der Waals surface area contributed by atoms with Gasteiger partial charge in [-0.1, -0.05) is 113 Å². The number of halogens is 1. The van der Waals surface area contributed by atoms with Crippen molar-refractivity contribution in [2.24, 2.45) is 0 Å². The van der Waals surface area contributed by atoms with Crippen LogP contribution in [-0.4, -0.2) is 25.6 Å². The molecule has 1 aliphatic carbocycles. The summed E-state index contributed by atoms with van der Waals surface area (Å²) in [7, 11) is 0.353. The number of aryl methyl sites for hydroxylation is 2. The maximum Gasteiger partial charge on any atom is 0.119 e. The van der Waals surface area contributed by atoms with Gasteiger partial charge in [0.05, 0.1) is 30.9 Å². The number of unbranched alkanes of at least 4 members (excludes halogenated alkanes) is 7. The maximum atomic E-state index is 5.72. The molecule has 0 aromatic heterocycles. The highest BCUT2D eigenvalue weighted by molar-refractivity contribution is 7.83. The molecule has 230 valence electrons. The first-order chi connectivity index (χ1) is 20.0. The Hall–Kier alpha value is -1.38. The number of hydrogen-bond donors (Lipinski definition) is 0. The van der Waals surface area contributed by atoms with Crippen molar-refractivity contribution >= 4 is 12.6 Å². The Balaban J connectivity index is 0.00000484. The van der Waals surface area contributed by atoms with Gasteiger partial charge >= 0.3 is 0 Å². The second-order valence-corrected chi connectivity index (χ2v) is 17.0. The largest absolute Gasteiger partial charge is 1.00 e. The highest BCUT2D eigenvalue weighted by Crippen LogP contribution is 2.67. The van der Waals surface area contributed by atoms with E-state index in [2.05, 4.69) is 100 Å². The standard InChI is InChI=1S/C39H56OP.HI/c1-6-8-10-11-12-13-17-20-38(41(5,29-9-7-2)35-18-15-14-16-19-35)39-36(32-23-21-31(3)22-24-32)27-25-33-30-34(40-4)26-28-37(33)39;/h14-16,18-19,21-24,26,28,30,36,38-39H,6-13,17,20,25,27,29H2,1-5H3;1H/q+1;/p-1.